The lowest BCUT2D eigenvalue weighted by molar-refractivity contribution is -0.132. The topological polar surface area (TPSA) is 81.7 Å². The molecular formula is C12H21N3O3. The van der Waals surface area contributed by atoms with E-state index < -0.39 is 11.6 Å². The highest BCUT2D eigenvalue weighted by Crippen LogP contribution is 2.34. The summed E-state index contributed by atoms with van der Waals surface area (Å²) in [6.07, 6.45) is 2.67. The first-order valence-corrected chi connectivity index (χ1v) is 6.62. The van der Waals surface area contributed by atoms with Crippen LogP contribution in [-0.2, 0) is 4.79 Å². The molecular weight excluding hydrogens is 234 g/mol. The number of aliphatic hydroxyl groups is 1. The monoisotopic (exact) mass is 255 g/mol. The molecule has 2 fully saturated rings. The predicted octanol–water partition coefficient (Wildman–Crippen LogP) is -0.179. The second kappa shape index (κ2) is 5.24. The van der Waals surface area contributed by atoms with Crippen molar-refractivity contribution in [3.8, 4) is 0 Å². The van der Waals surface area contributed by atoms with Gasteiger partial charge in [0.05, 0.1) is 12.6 Å². The van der Waals surface area contributed by atoms with Gasteiger partial charge in [-0.25, -0.2) is 4.79 Å². The number of hydrogen-bond acceptors (Lipinski definition) is 4. The Hall–Kier alpha value is -1.14. The molecule has 0 aromatic rings. The summed E-state index contributed by atoms with van der Waals surface area (Å²) in [7, 11) is 0. The van der Waals surface area contributed by atoms with Gasteiger partial charge in [0.15, 0.2) is 0 Å². The summed E-state index contributed by atoms with van der Waals surface area (Å²) in [4.78, 5) is 25.2. The van der Waals surface area contributed by atoms with Gasteiger partial charge in [0.25, 0.3) is 5.91 Å². The molecule has 3 N–H and O–H groups in total. The molecule has 1 heterocycles. The fourth-order valence-electron chi connectivity index (χ4n) is 2.75. The third-order valence-electron chi connectivity index (χ3n) is 3.73. The summed E-state index contributed by atoms with van der Waals surface area (Å²) < 4.78 is 0. The van der Waals surface area contributed by atoms with Gasteiger partial charge in [0, 0.05) is 6.54 Å². The SMILES string of the molecule is CCNCC(O)CN1C(=O)NC2(CCCC2)C1=O. The number of likely N-dealkylation sites (N-methyl/N-ethyl adjacent to an activating group) is 1. The maximum atomic E-state index is 12.3. The molecule has 6 heteroatoms. The van der Waals surface area contributed by atoms with Crippen LogP contribution in [0.1, 0.15) is 32.6 Å². The molecule has 2 aliphatic rings. The summed E-state index contributed by atoms with van der Waals surface area (Å²) in [5.41, 5.74) is -0.672. The van der Waals surface area contributed by atoms with Gasteiger partial charge in [-0.05, 0) is 19.4 Å². The van der Waals surface area contributed by atoms with Crippen molar-refractivity contribution in [2.24, 2.45) is 0 Å². The largest absolute Gasteiger partial charge is 0.390 e. The minimum Gasteiger partial charge on any atom is -0.390 e. The Morgan fingerprint density at radius 3 is 2.72 bits per heavy atom. The highest BCUT2D eigenvalue weighted by molar-refractivity contribution is 6.07. The van der Waals surface area contributed by atoms with E-state index in [0.29, 0.717) is 6.54 Å². The number of β-amino-alcohol motifs (C(OH)–C–C–N with tert-alkyl or cyclic N) is 1. The molecule has 18 heavy (non-hydrogen) atoms. The molecule has 1 unspecified atom stereocenters. The second-order valence-electron chi connectivity index (χ2n) is 5.10. The molecule has 1 spiro atoms. The number of imide groups is 1. The zero-order valence-corrected chi connectivity index (χ0v) is 10.7. The Morgan fingerprint density at radius 2 is 2.11 bits per heavy atom. The molecule has 0 aromatic carbocycles. The highest BCUT2D eigenvalue weighted by atomic mass is 16.3. The molecule has 102 valence electrons. The number of nitrogens with one attached hydrogen (secondary N) is 2. The van der Waals surface area contributed by atoms with Crippen molar-refractivity contribution in [1.29, 1.82) is 0 Å². The molecule has 0 radical (unpaired) electrons. The third kappa shape index (κ3) is 2.35. The van der Waals surface area contributed by atoms with Gasteiger partial charge >= 0.3 is 6.03 Å². The molecule has 1 atom stereocenters. The number of carbonyl (C=O) groups is 2. The summed E-state index contributed by atoms with van der Waals surface area (Å²) in [6, 6.07) is -0.363. The molecule has 6 nitrogen and oxygen atoms in total. The molecule has 2 rings (SSSR count). The predicted molar refractivity (Wildman–Crippen MR) is 66.0 cm³/mol. The average molecular weight is 255 g/mol. The minimum atomic E-state index is -0.712. The molecule has 3 amide bonds. The van der Waals surface area contributed by atoms with Gasteiger partial charge in [-0.1, -0.05) is 19.8 Å². The van der Waals surface area contributed by atoms with Gasteiger partial charge in [-0.15, -0.1) is 0 Å². The van der Waals surface area contributed by atoms with Crippen molar-refractivity contribution >= 4 is 11.9 Å². The van der Waals surface area contributed by atoms with Crippen LogP contribution in [0.3, 0.4) is 0 Å². The quantitative estimate of drug-likeness (QED) is 0.595. The molecule has 1 saturated carbocycles. The van der Waals surface area contributed by atoms with E-state index in [9.17, 15) is 14.7 Å². The highest BCUT2D eigenvalue weighted by Gasteiger charge is 2.52. The van der Waals surface area contributed by atoms with Gasteiger partial charge in [0.1, 0.15) is 5.54 Å². The van der Waals surface area contributed by atoms with E-state index >= 15 is 0 Å². The minimum absolute atomic E-state index is 0.0689. The van der Waals surface area contributed by atoms with Crippen molar-refractivity contribution in [2.45, 2.75) is 44.2 Å². The zero-order valence-electron chi connectivity index (χ0n) is 10.7. The van der Waals surface area contributed by atoms with Crippen LogP contribution in [0.4, 0.5) is 4.79 Å². The van der Waals surface area contributed by atoms with E-state index in [1.807, 2.05) is 6.92 Å². The standard InChI is InChI=1S/C12H21N3O3/c1-2-13-7-9(16)8-15-10(17)12(14-11(15)18)5-3-4-6-12/h9,13,16H,2-8H2,1H3,(H,14,18). The number of hydrogen-bond donors (Lipinski definition) is 3. The Bertz CT molecular complexity index is 339. The first-order chi connectivity index (χ1) is 8.59. The number of urea groups is 1. The van der Waals surface area contributed by atoms with Gasteiger partial charge < -0.3 is 15.7 Å². The van der Waals surface area contributed by atoms with Crippen LogP contribution >= 0.6 is 0 Å². The van der Waals surface area contributed by atoms with Crippen molar-refractivity contribution in [2.75, 3.05) is 19.6 Å². The smallest absolute Gasteiger partial charge is 0.325 e. The number of nitrogens with zero attached hydrogens (tertiary/aromatic N) is 1. The Kier molecular flexibility index (Phi) is 3.87. The lowest BCUT2D eigenvalue weighted by atomic mass is 9.98. The Morgan fingerprint density at radius 1 is 1.44 bits per heavy atom. The van der Waals surface area contributed by atoms with Crippen LogP contribution in [0.15, 0.2) is 0 Å². The number of carbonyl (C=O) groups excluding carboxylic acids is 2. The molecule has 1 aliphatic carbocycles. The van der Waals surface area contributed by atoms with E-state index in [0.717, 1.165) is 37.1 Å². The summed E-state index contributed by atoms with van der Waals surface area (Å²) >= 11 is 0. The van der Waals surface area contributed by atoms with E-state index in [2.05, 4.69) is 10.6 Å². The summed E-state index contributed by atoms with van der Waals surface area (Å²) in [5.74, 6) is -0.166. The summed E-state index contributed by atoms with van der Waals surface area (Å²) in [5, 5.41) is 15.6. The lowest BCUT2D eigenvalue weighted by Crippen LogP contribution is -2.45. The lowest BCUT2D eigenvalue weighted by Gasteiger charge is -2.21. The number of amides is 3. The third-order valence-corrected chi connectivity index (χ3v) is 3.73. The number of aliphatic hydroxyl groups excluding tert-OH is 1. The van der Waals surface area contributed by atoms with Crippen molar-refractivity contribution in [3.63, 3.8) is 0 Å². The van der Waals surface area contributed by atoms with Crippen molar-refractivity contribution in [1.82, 2.24) is 15.5 Å². The van der Waals surface area contributed by atoms with Gasteiger partial charge in [0.2, 0.25) is 0 Å². The fraction of sp³-hybridized carbons (Fsp3) is 0.833. The molecule has 1 aliphatic heterocycles. The zero-order chi connectivity index (χ0) is 13.2. The van der Waals surface area contributed by atoms with Crippen LogP contribution in [0, 0.1) is 0 Å². The number of rotatable bonds is 5. The van der Waals surface area contributed by atoms with Gasteiger partial charge in [-0.2, -0.15) is 0 Å². The normalized spacial score (nSPS) is 23.8. The summed E-state index contributed by atoms with van der Waals surface area (Å²) in [6.45, 7) is 3.15. The Labute approximate surface area is 107 Å². The maximum absolute atomic E-state index is 12.3. The van der Waals surface area contributed by atoms with Crippen molar-refractivity contribution < 1.29 is 14.7 Å². The van der Waals surface area contributed by atoms with Crippen LogP contribution in [0.25, 0.3) is 0 Å². The first kappa shape index (κ1) is 13.3. The fourth-order valence-corrected chi connectivity index (χ4v) is 2.75. The van der Waals surface area contributed by atoms with E-state index in [4.69, 9.17) is 0 Å². The average Bonchev–Trinajstić information content (AvgIpc) is 2.89. The van der Waals surface area contributed by atoms with Crippen LogP contribution in [-0.4, -0.2) is 53.2 Å². The molecule has 0 bridgehead atoms. The molecule has 1 saturated heterocycles. The van der Waals surface area contributed by atoms with Gasteiger partial charge in [-0.3, -0.25) is 9.69 Å². The molecule has 0 aromatic heterocycles. The first-order valence-electron chi connectivity index (χ1n) is 6.62. The van der Waals surface area contributed by atoms with E-state index in [1.54, 1.807) is 0 Å². The van der Waals surface area contributed by atoms with E-state index in [-0.39, 0.29) is 18.5 Å². The van der Waals surface area contributed by atoms with Crippen LogP contribution < -0.4 is 10.6 Å². The van der Waals surface area contributed by atoms with Crippen LogP contribution in [0.5, 0.6) is 0 Å². The maximum Gasteiger partial charge on any atom is 0.325 e. The van der Waals surface area contributed by atoms with Crippen LogP contribution in [0.2, 0.25) is 0 Å². The second-order valence-corrected chi connectivity index (χ2v) is 5.10. The van der Waals surface area contributed by atoms with Crippen molar-refractivity contribution in [3.05, 3.63) is 0 Å². The van der Waals surface area contributed by atoms with E-state index in [1.165, 1.54) is 0 Å². The Balaban J connectivity index is 1.97.